The largest absolute Gasteiger partial charge is 0.333 e. The summed E-state index contributed by atoms with van der Waals surface area (Å²) in [4.78, 5) is 4.13. The van der Waals surface area contributed by atoms with Gasteiger partial charge in [0.15, 0.2) is 0 Å². The van der Waals surface area contributed by atoms with E-state index in [1.807, 2.05) is 17.9 Å². The summed E-state index contributed by atoms with van der Waals surface area (Å²) in [6.07, 6.45) is 9.53. The van der Waals surface area contributed by atoms with Gasteiger partial charge in [0, 0.05) is 36.4 Å². The number of imidazole rings is 1. The van der Waals surface area contributed by atoms with Crippen molar-refractivity contribution in [3.8, 4) is 0 Å². The molecule has 2 unspecified atom stereocenters. The van der Waals surface area contributed by atoms with Gasteiger partial charge in [-0.2, -0.15) is 0 Å². The molecule has 5 nitrogen and oxygen atoms in total. The van der Waals surface area contributed by atoms with Crippen LogP contribution in [-0.2, 0) is 6.54 Å². The van der Waals surface area contributed by atoms with Crippen LogP contribution in [0.2, 0.25) is 0 Å². The molecule has 17 heavy (non-hydrogen) atoms. The lowest BCUT2D eigenvalue weighted by Crippen LogP contribution is -2.33. The number of nitrogens with zero attached hydrogens (tertiary/aromatic N) is 4. The van der Waals surface area contributed by atoms with Crippen molar-refractivity contribution in [2.45, 2.75) is 37.9 Å². The average Bonchev–Trinajstić information content (AvgIpc) is 3.09. The molecule has 1 aliphatic carbocycles. The molecule has 2 atom stereocenters. The highest BCUT2D eigenvalue weighted by atomic mass is 32.1. The van der Waals surface area contributed by atoms with Crippen molar-refractivity contribution >= 4 is 11.5 Å². The van der Waals surface area contributed by atoms with Crippen molar-refractivity contribution in [1.82, 2.24) is 24.5 Å². The fourth-order valence-corrected chi connectivity index (χ4v) is 2.95. The van der Waals surface area contributed by atoms with E-state index in [2.05, 4.69) is 30.7 Å². The molecule has 2 aromatic heterocycles. The molecule has 0 aromatic carbocycles. The third kappa shape index (κ3) is 2.37. The molecule has 1 fully saturated rings. The number of rotatable bonds is 4. The van der Waals surface area contributed by atoms with Crippen molar-refractivity contribution in [3.63, 3.8) is 0 Å². The average molecular weight is 249 g/mol. The maximum Gasteiger partial charge on any atom is 0.0949 e. The van der Waals surface area contributed by atoms with Gasteiger partial charge < -0.3 is 9.88 Å². The van der Waals surface area contributed by atoms with E-state index in [1.165, 1.54) is 30.8 Å². The van der Waals surface area contributed by atoms with Gasteiger partial charge in [0.1, 0.15) is 0 Å². The monoisotopic (exact) mass is 249 g/mol. The first-order valence-electron chi connectivity index (χ1n) is 5.90. The first kappa shape index (κ1) is 10.9. The van der Waals surface area contributed by atoms with E-state index in [0.717, 1.165) is 12.2 Å². The first-order chi connectivity index (χ1) is 8.43. The van der Waals surface area contributed by atoms with E-state index >= 15 is 0 Å². The molecule has 90 valence electrons. The van der Waals surface area contributed by atoms with E-state index in [-0.39, 0.29) is 0 Å². The molecule has 1 saturated carbocycles. The molecule has 0 aliphatic heterocycles. The van der Waals surface area contributed by atoms with Crippen molar-refractivity contribution in [2.24, 2.45) is 0 Å². The summed E-state index contributed by atoms with van der Waals surface area (Å²) in [5.41, 5.74) is 1.03. The Morgan fingerprint density at radius 3 is 3.24 bits per heavy atom. The van der Waals surface area contributed by atoms with Gasteiger partial charge in [-0.05, 0) is 30.8 Å². The van der Waals surface area contributed by atoms with Crippen LogP contribution < -0.4 is 5.32 Å². The lowest BCUT2D eigenvalue weighted by Gasteiger charge is -2.21. The summed E-state index contributed by atoms with van der Waals surface area (Å²) < 4.78 is 6.09. The van der Waals surface area contributed by atoms with E-state index in [0.29, 0.717) is 12.1 Å². The van der Waals surface area contributed by atoms with Gasteiger partial charge in [-0.25, -0.2) is 4.98 Å². The number of nitrogens with one attached hydrogen (secondary N) is 1. The minimum atomic E-state index is 0.519. The molecule has 3 rings (SSSR count). The topological polar surface area (TPSA) is 55.6 Å². The fourth-order valence-electron chi connectivity index (χ4n) is 2.50. The van der Waals surface area contributed by atoms with Crippen LogP contribution >= 0.6 is 11.5 Å². The van der Waals surface area contributed by atoms with Gasteiger partial charge in [0.2, 0.25) is 0 Å². The van der Waals surface area contributed by atoms with E-state index in [1.54, 1.807) is 0 Å². The van der Waals surface area contributed by atoms with Gasteiger partial charge in [-0.3, -0.25) is 0 Å². The van der Waals surface area contributed by atoms with Crippen molar-refractivity contribution in [2.75, 3.05) is 0 Å². The third-order valence-electron chi connectivity index (χ3n) is 3.34. The minimum Gasteiger partial charge on any atom is -0.333 e. The van der Waals surface area contributed by atoms with Crippen molar-refractivity contribution < 1.29 is 0 Å². The molecule has 1 aliphatic rings. The molecule has 0 bridgehead atoms. The summed E-state index contributed by atoms with van der Waals surface area (Å²) in [5, 5.41) is 9.62. The lowest BCUT2D eigenvalue weighted by atomic mass is 10.1. The van der Waals surface area contributed by atoms with Crippen molar-refractivity contribution in [1.29, 1.82) is 0 Å². The summed E-state index contributed by atoms with van der Waals surface area (Å²) in [6.45, 7) is 0.812. The summed E-state index contributed by atoms with van der Waals surface area (Å²) in [7, 11) is 0. The highest BCUT2D eigenvalue weighted by Gasteiger charge is 2.27. The standard InChI is InChI=1S/C11H15N5S/c1-2-10(13-6-9-7-17-15-14-9)11(3-1)16-5-4-12-8-16/h4-5,7-8,10-11,13H,1-3,6H2. The quantitative estimate of drug-likeness (QED) is 0.894. The molecule has 0 spiro atoms. The Morgan fingerprint density at radius 1 is 1.47 bits per heavy atom. The second-order valence-electron chi connectivity index (χ2n) is 4.39. The predicted octanol–water partition coefficient (Wildman–Crippen LogP) is 1.62. The number of hydrogen-bond donors (Lipinski definition) is 1. The Morgan fingerprint density at radius 2 is 2.47 bits per heavy atom. The molecule has 2 heterocycles. The molecule has 6 heteroatoms. The molecular weight excluding hydrogens is 234 g/mol. The lowest BCUT2D eigenvalue weighted by molar-refractivity contribution is 0.389. The Bertz CT molecular complexity index is 438. The Balaban J connectivity index is 1.62. The van der Waals surface area contributed by atoms with E-state index < -0.39 is 0 Å². The highest BCUT2D eigenvalue weighted by Crippen LogP contribution is 2.29. The SMILES string of the molecule is c1cn(C2CCCC2NCc2csnn2)cn1. The van der Waals surface area contributed by atoms with E-state index in [4.69, 9.17) is 0 Å². The zero-order valence-corrected chi connectivity index (χ0v) is 10.3. The second kappa shape index (κ2) is 4.93. The van der Waals surface area contributed by atoms with Gasteiger partial charge in [0.25, 0.3) is 0 Å². The second-order valence-corrected chi connectivity index (χ2v) is 5.00. The Hall–Kier alpha value is -1.27. The van der Waals surface area contributed by atoms with Crippen LogP contribution in [0, 0.1) is 0 Å². The molecule has 1 N–H and O–H groups in total. The highest BCUT2D eigenvalue weighted by molar-refractivity contribution is 7.03. The number of aromatic nitrogens is 4. The van der Waals surface area contributed by atoms with Gasteiger partial charge in [-0.1, -0.05) is 4.49 Å². The van der Waals surface area contributed by atoms with Crippen LogP contribution in [0.5, 0.6) is 0 Å². The summed E-state index contributed by atoms with van der Waals surface area (Å²) in [5.74, 6) is 0. The van der Waals surface area contributed by atoms with Crippen LogP contribution in [0.1, 0.15) is 31.0 Å². The van der Waals surface area contributed by atoms with Crippen LogP contribution in [0.4, 0.5) is 0 Å². The van der Waals surface area contributed by atoms with Gasteiger partial charge in [0.05, 0.1) is 12.0 Å². The van der Waals surface area contributed by atoms with Crippen LogP contribution in [-0.4, -0.2) is 25.2 Å². The van der Waals surface area contributed by atoms with Crippen LogP contribution in [0.3, 0.4) is 0 Å². The molecule has 2 aromatic rings. The zero-order chi connectivity index (χ0) is 11.5. The van der Waals surface area contributed by atoms with Crippen molar-refractivity contribution in [3.05, 3.63) is 29.8 Å². The maximum absolute atomic E-state index is 4.13. The molecule has 0 saturated heterocycles. The van der Waals surface area contributed by atoms with Crippen LogP contribution in [0.15, 0.2) is 24.1 Å². The Kier molecular flexibility index (Phi) is 3.15. The smallest absolute Gasteiger partial charge is 0.0949 e. The van der Waals surface area contributed by atoms with Gasteiger partial charge >= 0.3 is 0 Å². The maximum atomic E-state index is 4.13. The van der Waals surface area contributed by atoms with Crippen LogP contribution in [0.25, 0.3) is 0 Å². The third-order valence-corrected chi connectivity index (χ3v) is 3.89. The zero-order valence-electron chi connectivity index (χ0n) is 9.49. The number of hydrogen-bond acceptors (Lipinski definition) is 5. The molecule has 0 amide bonds. The Labute approximate surface area is 104 Å². The van der Waals surface area contributed by atoms with Gasteiger partial charge in [-0.15, -0.1) is 5.10 Å². The molecule has 0 radical (unpaired) electrons. The first-order valence-corrected chi connectivity index (χ1v) is 6.74. The molecular formula is C11H15N5S. The minimum absolute atomic E-state index is 0.519. The summed E-state index contributed by atoms with van der Waals surface area (Å²) >= 11 is 1.40. The fraction of sp³-hybridized carbons (Fsp3) is 0.545. The summed E-state index contributed by atoms with van der Waals surface area (Å²) in [6, 6.07) is 1.05. The van der Waals surface area contributed by atoms with E-state index in [9.17, 15) is 0 Å². The predicted molar refractivity (Wildman–Crippen MR) is 65.7 cm³/mol. The normalized spacial score (nSPS) is 24.2.